The van der Waals surface area contributed by atoms with E-state index in [-0.39, 0.29) is 11.3 Å². The summed E-state index contributed by atoms with van der Waals surface area (Å²) in [6.45, 7) is 1.94. The third-order valence-corrected chi connectivity index (χ3v) is 5.08. The van der Waals surface area contributed by atoms with Crippen LogP contribution in [0.25, 0.3) is 32.5 Å². The second-order valence-electron chi connectivity index (χ2n) is 5.82. The highest BCUT2D eigenvalue weighted by Gasteiger charge is 2.17. The Morgan fingerprint density at radius 3 is 2.76 bits per heavy atom. The molecule has 2 aromatic carbocycles. The van der Waals surface area contributed by atoms with E-state index in [9.17, 15) is 9.90 Å². The molecular formula is C19H15N3O2S. The van der Waals surface area contributed by atoms with Gasteiger partial charge in [0.2, 0.25) is 0 Å². The summed E-state index contributed by atoms with van der Waals surface area (Å²) in [5, 5.41) is 13.8. The van der Waals surface area contributed by atoms with Crippen LogP contribution in [0.15, 0.2) is 52.9 Å². The van der Waals surface area contributed by atoms with Crippen molar-refractivity contribution in [3.05, 3.63) is 64.0 Å². The predicted molar refractivity (Wildman–Crippen MR) is 102 cm³/mol. The van der Waals surface area contributed by atoms with E-state index in [2.05, 4.69) is 9.97 Å². The standard InChI is InChI=1S/C19H15N3O2S/c1-10-2-3-11(23)8-13(10)14-9-15(19-22-6-7-25-19)12-4-5-21-18(24)16(12)17(14)20/h2-9,23H,20H2,1H3,(H,21,24). The topological polar surface area (TPSA) is 92.0 Å². The number of anilines is 1. The molecule has 0 aliphatic heterocycles. The molecule has 4 aromatic rings. The SMILES string of the molecule is Cc1ccc(O)cc1-c1cc(-c2nccs2)c2cc[nH]c(=O)c2c1N. The zero-order valence-electron chi connectivity index (χ0n) is 13.4. The van der Waals surface area contributed by atoms with Gasteiger partial charge in [0.1, 0.15) is 10.8 Å². The van der Waals surface area contributed by atoms with Crippen LogP contribution in [0.2, 0.25) is 0 Å². The third-order valence-electron chi connectivity index (χ3n) is 4.27. The van der Waals surface area contributed by atoms with Gasteiger partial charge in [-0.25, -0.2) is 4.98 Å². The number of aryl methyl sites for hydroxylation is 1. The summed E-state index contributed by atoms with van der Waals surface area (Å²) in [7, 11) is 0. The largest absolute Gasteiger partial charge is 0.508 e. The van der Waals surface area contributed by atoms with Gasteiger partial charge in [-0.15, -0.1) is 11.3 Å². The molecular weight excluding hydrogens is 334 g/mol. The Balaban J connectivity index is 2.16. The van der Waals surface area contributed by atoms with E-state index in [1.165, 1.54) is 11.3 Å². The van der Waals surface area contributed by atoms with Crippen molar-refractivity contribution in [1.82, 2.24) is 9.97 Å². The fourth-order valence-electron chi connectivity index (χ4n) is 3.06. The third kappa shape index (κ3) is 2.47. The van der Waals surface area contributed by atoms with Gasteiger partial charge < -0.3 is 15.8 Å². The van der Waals surface area contributed by atoms with Crippen LogP contribution in [-0.2, 0) is 0 Å². The number of H-pyrrole nitrogens is 1. The van der Waals surface area contributed by atoms with Gasteiger partial charge in [-0.2, -0.15) is 0 Å². The van der Waals surface area contributed by atoms with Crippen molar-refractivity contribution < 1.29 is 5.11 Å². The Morgan fingerprint density at radius 1 is 1.16 bits per heavy atom. The van der Waals surface area contributed by atoms with E-state index >= 15 is 0 Å². The molecule has 0 unspecified atom stereocenters. The molecule has 6 heteroatoms. The Labute approximate surface area is 147 Å². The highest BCUT2D eigenvalue weighted by Crippen LogP contribution is 2.40. The Kier molecular flexibility index (Phi) is 3.54. The smallest absolute Gasteiger partial charge is 0.257 e. The molecule has 0 saturated carbocycles. The van der Waals surface area contributed by atoms with Crippen molar-refractivity contribution in [2.45, 2.75) is 6.92 Å². The van der Waals surface area contributed by atoms with Crippen LogP contribution < -0.4 is 11.3 Å². The number of phenols is 1. The zero-order chi connectivity index (χ0) is 17.6. The number of pyridine rings is 1. The molecule has 4 rings (SSSR count). The Bertz CT molecular complexity index is 1150. The number of phenolic OH excluding ortho intramolecular Hbond substituents is 1. The van der Waals surface area contributed by atoms with E-state index in [0.29, 0.717) is 16.6 Å². The second kappa shape index (κ2) is 5.75. The highest BCUT2D eigenvalue weighted by atomic mass is 32.1. The summed E-state index contributed by atoms with van der Waals surface area (Å²) in [6.07, 6.45) is 3.34. The van der Waals surface area contributed by atoms with E-state index < -0.39 is 0 Å². The van der Waals surface area contributed by atoms with Crippen molar-refractivity contribution in [2.75, 3.05) is 5.73 Å². The number of thiazole rings is 1. The predicted octanol–water partition coefficient (Wildman–Crippen LogP) is 3.91. The number of aromatic nitrogens is 2. The summed E-state index contributed by atoms with van der Waals surface area (Å²) >= 11 is 1.50. The fourth-order valence-corrected chi connectivity index (χ4v) is 3.73. The summed E-state index contributed by atoms with van der Waals surface area (Å²) in [6, 6.07) is 8.90. The van der Waals surface area contributed by atoms with Crippen LogP contribution in [0.4, 0.5) is 5.69 Å². The van der Waals surface area contributed by atoms with Crippen LogP contribution in [0.3, 0.4) is 0 Å². The molecule has 124 valence electrons. The summed E-state index contributed by atoms with van der Waals surface area (Å²) in [5.41, 5.74) is 9.84. The van der Waals surface area contributed by atoms with E-state index in [1.54, 1.807) is 24.5 Å². The minimum absolute atomic E-state index is 0.151. The highest BCUT2D eigenvalue weighted by molar-refractivity contribution is 7.13. The van der Waals surface area contributed by atoms with Crippen molar-refractivity contribution in [3.8, 4) is 27.4 Å². The first kappa shape index (κ1) is 15.4. The quantitative estimate of drug-likeness (QED) is 0.478. The zero-order valence-corrected chi connectivity index (χ0v) is 14.2. The molecule has 0 aliphatic rings. The second-order valence-corrected chi connectivity index (χ2v) is 6.71. The van der Waals surface area contributed by atoms with E-state index in [4.69, 9.17) is 5.73 Å². The molecule has 2 aromatic heterocycles. The molecule has 0 saturated heterocycles. The normalized spacial score (nSPS) is 11.1. The van der Waals surface area contributed by atoms with Gasteiger partial charge in [0.25, 0.3) is 5.56 Å². The number of nitrogens with one attached hydrogen (secondary N) is 1. The summed E-state index contributed by atoms with van der Waals surface area (Å²) in [5.74, 6) is 0.151. The van der Waals surface area contributed by atoms with Gasteiger partial charge in [0.05, 0.1) is 11.1 Å². The molecule has 5 nitrogen and oxygen atoms in total. The minimum Gasteiger partial charge on any atom is -0.508 e. The Morgan fingerprint density at radius 2 is 2.00 bits per heavy atom. The number of aromatic amines is 1. The van der Waals surface area contributed by atoms with E-state index in [1.807, 2.05) is 30.5 Å². The van der Waals surface area contributed by atoms with Crippen molar-refractivity contribution in [3.63, 3.8) is 0 Å². The number of nitrogen functional groups attached to an aromatic ring is 1. The van der Waals surface area contributed by atoms with Gasteiger partial charge in [-0.3, -0.25) is 4.79 Å². The molecule has 0 radical (unpaired) electrons. The molecule has 0 spiro atoms. The number of nitrogens with two attached hydrogens (primary N) is 1. The number of rotatable bonds is 2. The van der Waals surface area contributed by atoms with E-state index in [0.717, 1.165) is 27.1 Å². The van der Waals surface area contributed by atoms with Gasteiger partial charge in [0, 0.05) is 34.3 Å². The van der Waals surface area contributed by atoms with Crippen molar-refractivity contribution >= 4 is 27.8 Å². The van der Waals surface area contributed by atoms with Crippen LogP contribution in [0.1, 0.15) is 5.56 Å². The lowest BCUT2D eigenvalue weighted by atomic mass is 9.93. The number of benzene rings is 2. The first-order chi connectivity index (χ1) is 12.1. The maximum absolute atomic E-state index is 12.5. The molecule has 0 aliphatic carbocycles. The molecule has 0 bridgehead atoms. The average molecular weight is 349 g/mol. The van der Waals surface area contributed by atoms with Crippen molar-refractivity contribution in [1.29, 1.82) is 0 Å². The lowest BCUT2D eigenvalue weighted by Gasteiger charge is -2.14. The lowest BCUT2D eigenvalue weighted by molar-refractivity contribution is 0.475. The first-order valence-corrected chi connectivity index (χ1v) is 8.58. The van der Waals surface area contributed by atoms with Crippen LogP contribution in [0.5, 0.6) is 5.75 Å². The molecule has 25 heavy (non-hydrogen) atoms. The number of hydrogen-bond acceptors (Lipinski definition) is 5. The molecule has 0 amide bonds. The average Bonchev–Trinajstić information content (AvgIpc) is 3.12. The maximum Gasteiger partial charge on any atom is 0.257 e. The van der Waals surface area contributed by atoms with Crippen LogP contribution in [-0.4, -0.2) is 15.1 Å². The number of aromatic hydroxyl groups is 1. The number of nitrogens with zero attached hydrogens (tertiary/aromatic N) is 1. The molecule has 0 fully saturated rings. The summed E-state index contributed by atoms with van der Waals surface area (Å²) < 4.78 is 0. The van der Waals surface area contributed by atoms with Crippen LogP contribution >= 0.6 is 11.3 Å². The summed E-state index contributed by atoms with van der Waals surface area (Å²) in [4.78, 5) is 19.5. The van der Waals surface area contributed by atoms with Gasteiger partial charge >= 0.3 is 0 Å². The van der Waals surface area contributed by atoms with Gasteiger partial charge in [-0.05, 0) is 42.3 Å². The maximum atomic E-state index is 12.5. The fraction of sp³-hybridized carbons (Fsp3) is 0.0526. The Hall–Kier alpha value is -3.12. The lowest BCUT2D eigenvalue weighted by Crippen LogP contribution is -2.09. The number of fused-ring (bicyclic) bond motifs is 1. The number of hydrogen-bond donors (Lipinski definition) is 3. The van der Waals surface area contributed by atoms with Gasteiger partial charge in [-0.1, -0.05) is 6.07 Å². The molecule has 4 N–H and O–H groups in total. The molecule has 2 heterocycles. The molecule has 0 atom stereocenters. The van der Waals surface area contributed by atoms with Crippen molar-refractivity contribution in [2.24, 2.45) is 0 Å². The van der Waals surface area contributed by atoms with Crippen LogP contribution in [0, 0.1) is 6.92 Å². The monoisotopic (exact) mass is 349 g/mol. The minimum atomic E-state index is -0.243. The first-order valence-electron chi connectivity index (χ1n) is 7.70. The van der Waals surface area contributed by atoms with Gasteiger partial charge in [0.15, 0.2) is 0 Å².